The number of rotatable bonds is 4. The number of thiophene rings is 1. The molecule has 3 N–H and O–H groups in total. The van der Waals surface area contributed by atoms with Crippen LogP contribution in [0.4, 0.5) is 5.00 Å². The summed E-state index contributed by atoms with van der Waals surface area (Å²) in [5, 5.41) is 3.47. The Labute approximate surface area is 133 Å². The van der Waals surface area contributed by atoms with E-state index in [-0.39, 0.29) is 17.7 Å². The molecule has 1 aliphatic rings. The molecule has 4 nitrogen and oxygen atoms in total. The van der Waals surface area contributed by atoms with E-state index in [0.717, 1.165) is 16.9 Å². The number of nitrogens with two attached hydrogens (primary N) is 1. The lowest BCUT2D eigenvalue weighted by Crippen LogP contribution is -2.18. The molecule has 114 valence electrons. The van der Waals surface area contributed by atoms with Crippen molar-refractivity contribution in [3.05, 3.63) is 51.9 Å². The summed E-state index contributed by atoms with van der Waals surface area (Å²) in [5.41, 5.74) is 7.91. The first-order valence-electron chi connectivity index (χ1n) is 7.24. The number of nitrogens with one attached hydrogen (secondary N) is 1. The minimum absolute atomic E-state index is 0.0224. The number of hydrogen-bond donors (Lipinski definition) is 2. The van der Waals surface area contributed by atoms with Crippen molar-refractivity contribution in [2.75, 3.05) is 5.32 Å². The average molecular weight is 314 g/mol. The summed E-state index contributed by atoms with van der Waals surface area (Å²) in [7, 11) is 0. The van der Waals surface area contributed by atoms with Crippen LogP contribution in [0.25, 0.3) is 0 Å². The second-order valence-electron chi connectivity index (χ2n) is 5.70. The fraction of sp³-hybridized carbons (Fsp3) is 0.294. The molecule has 3 rings (SSSR count). The minimum atomic E-state index is -0.493. The summed E-state index contributed by atoms with van der Waals surface area (Å²) in [6.45, 7) is 3.78. The number of benzene rings is 1. The standard InChI is InChI=1S/C17H18N2O2S/c1-9-10(2)22-17(14(9)15(18)20)19-16(21)13-8-12(13)11-6-4-3-5-7-11/h3-7,12-13H,8H2,1-2H3,(H2,18,20)(H,19,21)/t12-,13-/m1/s1. The first-order valence-corrected chi connectivity index (χ1v) is 8.06. The molecule has 0 bridgehead atoms. The summed E-state index contributed by atoms with van der Waals surface area (Å²) in [6, 6.07) is 10.0. The third-order valence-electron chi connectivity index (χ3n) is 4.22. The number of hydrogen-bond acceptors (Lipinski definition) is 3. The smallest absolute Gasteiger partial charge is 0.251 e. The molecular formula is C17H18N2O2S. The van der Waals surface area contributed by atoms with Crippen molar-refractivity contribution in [2.45, 2.75) is 26.2 Å². The number of amides is 2. The van der Waals surface area contributed by atoms with Crippen LogP contribution in [0.1, 0.15) is 38.7 Å². The van der Waals surface area contributed by atoms with Gasteiger partial charge >= 0.3 is 0 Å². The van der Waals surface area contributed by atoms with Crippen LogP contribution in [0.3, 0.4) is 0 Å². The first kappa shape index (κ1) is 14.8. The summed E-state index contributed by atoms with van der Waals surface area (Å²) < 4.78 is 0. The maximum Gasteiger partial charge on any atom is 0.251 e. The highest BCUT2D eigenvalue weighted by Gasteiger charge is 2.44. The molecule has 0 radical (unpaired) electrons. The van der Waals surface area contributed by atoms with Gasteiger partial charge in [-0.05, 0) is 37.3 Å². The van der Waals surface area contributed by atoms with Gasteiger partial charge in [-0.15, -0.1) is 11.3 Å². The van der Waals surface area contributed by atoms with Crippen molar-refractivity contribution in [2.24, 2.45) is 11.7 Å². The first-order chi connectivity index (χ1) is 10.5. The van der Waals surface area contributed by atoms with Gasteiger partial charge in [-0.25, -0.2) is 0 Å². The Bertz CT molecular complexity index is 737. The molecule has 0 spiro atoms. The van der Waals surface area contributed by atoms with Gasteiger partial charge in [0, 0.05) is 10.8 Å². The lowest BCUT2D eigenvalue weighted by molar-refractivity contribution is -0.117. The summed E-state index contributed by atoms with van der Waals surface area (Å²) in [5.74, 6) is -0.267. The van der Waals surface area contributed by atoms with Crippen molar-refractivity contribution in [3.63, 3.8) is 0 Å². The number of aryl methyl sites for hydroxylation is 1. The van der Waals surface area contributed by atoms with Gasteiger partial charge in [-0.2, -0.15) is 0 Å². The Kier molecular flexibility index (Phi) is 3.74. The zero-order valence-electron chi connectivity index (χ0n) is 12.6. The van der Waals surface area contributed by atoms with Gasteiger partial charge in [0.15, 0.2) is 0 Å². The highest BCUT2D eigenvalue weighted by atomic mass is 32.1. The summed E-state index contributed by atoms with van der Waals surface area (Å²) >= 11 is 1.41. The molecule has 0 aliphatic heterocycles. The van der Waals surface area contributed by atoms with E-state index in [2.05, 4.69) is 5.32 Å². The zero-order chi connectivity index (χ0) is 15.9. The fourth-order valence-electron chi connectivity index (χ4n) is 2.77. The van der Waals surface area contributed by atoms with Crippen molar-refractivity contribution in [1.82, 2.24) is 0 Å². The predicted octanol–water partition coefficient (Wildman–Crippen LogP) is 3.21. The van der Waals surface area contributed by atoms with Gasteiger partial charge < -0.3 is 11.1 Å². The van der Waals surface area contributed by atoms with Crippen LogP contribution in [-0.2, 0) is 4.79 Å². The van der Waals surface area contributed by atoms with Crippen LogP contribution in [0.5, 0.6) is 0 Å². The third kappa shape index (κ3) is 2.64. The second-order valence-corrected chi connectivity index (χ2v) is 6.92. The minimum Gasteiger partial charge on any atom is -0.365 e. The maximum atomic E-state index is 12.4. The van der Waals surface area contributed by atoms with Crippen LogP contribution in [0.15, 0.2) is 30.3 Å². The average Bonchev–Trinajstić information content (AvgIpc) is 3.23. The quantitative estimate of drug-likeness (QED) is 0.909. The Morgan fingerprint density at radius 3 is 2.55 bits per heavy atom. The lowest BCUT2D eigenvalue weighted by atomic mass is 10.1. The van der Waals surface area contributed by atoms with E-state index in [4.69, 9.17) is 5.73 Å². The van der Waals surface area contributed by atoms with Crippen LogP contribution in [0.2, 0.25) is 0 Å². The largest absolute Gasteiger partial charge is 0.365 e. The van der Waals surface area contributed by atoms with Gasteiger partial charge in [0.05, 0.1) is 5.56 Å². The highest BCUT2D eigenvalue weighted by Crippen LogP contribution is 2.48. The molecule has 1 aliphatic carbocycles. The van der Waals surface area contributed by atoms with E-state index in [1.54, 1.807) is 0 Å². The van der Waals surface area contributed by atoms with Crippen LogP contribution >= 0.6 is 11.3 Å². The molecular weight excluding hydrogens is 296 g/mol. The molecule has 2 amide bonds. The number of primary amides is 1. The molecule has 0 saturated heterocycles. The van der Waals surface area contributed by atoms with E-state index in [0.29, 0.717) is 10.6 Å². The van der Waals surface area contributed by atoms with Crippen LogP contribution in [-0.4, -0.2) is 11.8 Å². The number of anilines is 1. The Morgan fingerprint density at radius 1 is 1.23 bits per heavy atom. The molecule has 2 aromatic rings. The lowest BCUT2D eigenvalue weighted by Gasteiger charge is -2.05. The molecule has 2 atom stereocenters. The number of carbonyl (C=O) groups excluding carboxylic acids is 2. The van der Waals surface area contributed by atoms with Gasteiger partial charge in [-0.3, -0.25) is 9.59 Å². The fourth-order valence-corrected chi connectivity index (χ4v) is 3.84. The van der Waals surface area contributed by atoms with E-state index in [9.17, 15) is 9.59 Å². The van der Waals surface area contributed by atoms with E-state index in [1.165, 1.54) is 16.9 Å². The Morgan fingerprint density at radius 2 is 1.91 bits per heavy atom. The molecule has 1 saturated carbocycles. The van der Waals surface area contributed by atoms with E-state index < -0.39 is 5.91 Å². The SMILES string of the molecule is Cc1sc(NC(=O)[C@@H]2C[C@@H]2c2ccccc2)c(C(N)=O)c1C. The third-order valence-corrected chi connectivity index (χ3v) is 5.35. The maximum absolute atomic E-state index is 12.4. The van der Waals surface area contributed by atoms with Gasteiger partial charge in [0.25, 0.3) is 5.91 Å². The van der Waals surface area contributed by atoms with Crippen molar-refractivity contribution in [1.29, 1.82) is 0 Å². The van der Waals surface area contributed by atoms with E-state index >= 15 is 0 Å². The Hall–Kier alpha value is -2.14. The van der Waals surface area contributed by atoms with Gasteiger partial charge in [0.2, 0.25) is 5.91 Å². The van der Waals surface area contributed by atoms with Crippen LogP contribution < -0.4 is 11.1 Å². The monoisotopic (exact) mass is 314 g/mol. The van der Waals surface area contributed by atoms with Gasteiger partial charge in [-0.1, -0.05) is 30.3 Å². The summed E-state index contributed by atoms with van der Waals surface area (Å²) in [6.07, 6.45) is 0.852. The zero-order valence-corrected chi connectivity index (χ0v) is 13.4. The normalized spacial score (nSPS) is 19.7. The molecule has 1 fully saturated rings. The Balaban J connectivity index is 1.74. The molecule has 5 heteroatoms. The van der Waals surface area contributed by atoms with Crippen LogP contribution in [0, 0.1) is 19.8 Å². The topological polar surface area (TPSA) is 72.2 Å². The molecule has 0 unspecified atom stereocenters. The predicted molar refractivity (Wildman–Crippen MR) is 88.2 cm³/mol. The summed E-state index contributed by atoms with van der Waals surface area (Å²) in [4.78, 5) is 25.0. The van der Waals surface area contributed by atoms with Crippen molar-refractivity contribution >= 4 is 28.2 Å². The van der Waals surface area contributed by atoms with Crippen molar-refractivity contribution in [3.8, 4) is 0 Å². The van der Waals surface area contributed by atoms with E-state index in [1.807, 2.05) is 44.2 Å². The second kappa shape index (κ2) is 5.57. The van der Waals surface area contributed by atoms with Crippen molar-refractivity contribution < 1.29 is 9.59 Å². The molecule has 1 heterocycles. The molecule has 22 heavy (non-hydrogen) atoms. The molecule has 1 aromatic heterocycles. The molecule has 1 aromatic carbocycles. The highest BCUT2D eigenvalue weighted by molar-refractivity contribution is 7.16. The number of carbonyl (C=O) groups is 2. The van der Waals surface area contributed by atoms with Gasteiger partial charge in [0.1, 0.15) is 5.00 Å².